The minimum absolute atomic E-state index is 0.0386. The molecule has 5 rings (SSSR count). The molecule has 38 heavy (non-hydrogen) atoms. The largest absolute Gasteiger partial charge is 0.0735 e. The molecule has 0 heteroatoms. The number of allylic oxidation sites excluding steroid dienone is 4. The first-order valence-electron chi connectivity index (χ1n) is 14.1. The van der Waals surface area contributed by atoms with E-state index in [4.69, 9.17) is 0 Å². The molecule has 0 fully saturated rings. The van der Waals surface area contributed by atoms with Crippen LogP contribution >= 0.6 is 0 Å². The van der Waals surface area contributed by atoms with Gasteiger partial charge >= 0.3 is 0 Å². The number of fused-ring (bicyclic) bond motifs is 3. The van der Waals surface area contributed by atoms with Gasteiger partial charge in [-0.05, 0) is 101 Å². The molecule has 0 saturated heterocycles. The van der Waals surface area contributed by atoms with Gasteiger partial charge in [0.2, 0.25) is 0 Å². The number of hydrogen-bond acceptors (Lipinski definition) is 0. The van der Waals surface area contributed by atoms with Gasteiger partial charge in [-0.2, -0.15) is 0 Å². The zero-order valence-electron chi connectivity index (χ0n) is 25.0. The minimum Gasteiger partial charge on any atom is -0.0735 e. The lowest BCUT2D eigenvalue weighted by molar-refractivity contribution is 0.516. The topological polar surface area (TPSA) is 0 Å². The molecule has 0 aliphatic heterocycles. The highest BCUT2D eigenvalue weighted by Gasteiger charge is 2.31. The Morgan fingerprint density at radius 1 is 0.737 bits per heavy atom. The van der Waals surface area contributed by atoms with Crippen LogP contribution in [0.15, 0.2) is 72.3 Å². The Labute approximate surface area is 230 Å². The maximum absolute atomic E-state index is 3.94. The molecule has 1 atom stereocenters. The number of hydrogen-bond donors (Lipinski definition) is 0. The molecule has 0 spiro atoms. The van der Waals surface area contributed by atoms with Crippen molar-refractivity contribution in [2.24, 2.45) is 11.3 Å². The summed E-state index contributed by atoms with van der Waals surface area (Å²) in [5.41, 5.74) is 12.3. The van der Waals surface area contributed by atoms with Crippen molar-refractivity contribution in [3.05, 3.63) is 111 Å². The van der Waals surface area contributed by atoms with Gasteiger partial charge < -0.3 is 0 Å². The van der Waals surface area contributed by atoms with Crippen LogP contribution < -0.4 is 10.4 Å². The van der Waals surface area contributed by atoms with Crippen LogP contribution in [0.2, 0.25) is 0 Å². The average Bonchev–Trinajstić information content (AvgIpc) is 3.37. The predicted octanol–water partition coefficient (Wildman–Crippen LogP) is 8.80. The van der Waals surface area contributed by atoms with E-state index in [-0.39, 0.29) is 16.2 Å². The standard InChI is InChI=1S/C38H43/c1-24-18-29(37(5,6)7)23-31(24)34-33-21-26-20-28(36(2,3)4)16-17-30(26)32(33)22-27(35(34)38(8,9)10)19-25-14-12-11-13-15-25/h11-20,22-24H,1-10H3. The molecule has 0 saturated carbocycles. The molecule has 3 aromatic rings. The summed E-state index contributed by atoms with van der Waals surface area (Å²) in [6.07, 6.45) is 11.3. The normalized spacial score (nSPS) is 17.6. The van der Waals surface area contributed by atoms with Crippen molar-refractivity contribution in [1.82, 2.24) is 0 Å². The number of benzene rings is 3. The summed E-state index contributed by atoms with van der Waals surface area (Å²) >= 11 is 0. The van der Waals surface area contributed by atoms with Gasteiger partial charge in [-0.25, -0.2) is 0 Å². The molecule has 195 valence electrons. The van der Waals surface area contributed by atoms with Crippen molar-refractivity contribution < 1.29 is 0 Å². The van der Waals surface area contributed by atoms with Gasteiger partial charge in [-0.15, -0.1) is 0 Å². The monoisotopic (exact) mass is 499 g/mol. The second kappa shape index (κ2) is 8.98. The molecule has 0 amide bonds. The van der Waals surface area contributed by atoms with Crippen molar-refractivity contribution in [1.29, 1.82) is 0 Å². The summed E-state index contributed by atoms with van der Waals surface area (Å²) in [6.45, 7) is 23.3. The van der Waals surface area contributed by atoms with Crippen LogP contribution in [0, 0.1) is 11.3 Å². The Balaban J connectivity index is 1.90. The lowest BCUT2D eigenvalue weighted by atomic mass is 9.76. The summed E-state index contributed by atoms with van der Waals surface area (Å²) in [4.78, 5) is 0. The second-order valence-electron chi connectivity index (χ2n) is 14.3. The summed E-state index contributed by atoms with van der Waals surface area (Å²) in [7, 11) is 0. The lowest BCUT2D eigenvalue weighted by Gasteiger charge is -2.27. The van der Waals surface area contributed by atoms with Crippen LogP contribution in [0.3, 0.4) is 0 Å². The first-order chi connectivity index (χ1) is 17.6. The van der Waals surface area contributed by atoms with Gasteiger partial charge in [0.05, 0.1) is 0 Å². The van der Waals surface area contributed by atoms with Crippen LogP contribution in [0.25, 0.3) is 28.9 Å². The molecule has 0 heterocycles. The van der Waals surface area contributed by atoms with Crippen molar-refractivity contribution >= 4 is 17.7 Å². The highest BCUT2D eigenvalue weighted by molar-refractivity contribution is 5.90. The first-order valence-corrected chi connectivity index (χ1v) is 14.1. The van der Waals surface area contributed by atoms with E-state index in [0.29, 0.717) is 5.92 Å². The predicted molar refractivity (Wildman–Crippen MR) is 166 cm³/mol. The van der Waals surface area contributed by atoms with E-state index in [1.807, 2.05) is 0 Å². The van der Waals surface area contributed by atoms with E-state index in [2.05, 4.69) is 148 Å². The van der Waals surface area contributed by atoms with E-state index in [1.165, 1.54) is 60.5 Å². The third-order valence-electron chi connectivity index (χ3n) is 8.05. The van der Waals surface area contributed by atoms with Gasteiger partial charge in [0.25, 0.3) is 0 Å². The molecule has 0 bridgehead atoms. The fraction of sp³-hybridized carbons (Fsp3) is 0.368. The van der Waals surface area contributed by atoms with Gasteiger partial charge in [0.1, 0.15) is 0 Å². The quantitative estimate of drug-likeness (QED) is 0.258. The fourth-order valence-electron chi connectivity index (χ4n) is 5.94. The van der Waals surface area contributed by atoms with E-state index in [1.54, 1.807) is 0 Å². The SMILES string of the molecule is CC1C=C(C(C)(C)C)C=C1c1c(C(C)(C)C)c(=Cc2ccccc2)cc2c1=[C]c1cc(C(C)(C)C)ccc1-2. The average molecular weight is 500 g/mol. The summed E-state index contributed by atoms with van der Waals surface area (Å²) < 4.78 is 0. The highest BCUT2D eigenvalue weighted by Crippen LogP contribution is 2.42. The molecular weight excluding hydrogens is 456 g/mol. The summed E-state index contributed by atoms with van der Waals surface area (Å²) in [5.74, 6) is 0.358. The van der Waals surface area contributed by atoms with E-state index >= 15 is 0 Å². The van der Waals surface area contributed by atoms with Crippen LogP contribution in [0.5, 0.6) is 0 Å². The molecule has 2 aliphatic rings. The third kappa shape index (κ3) is 4.75. The van der Waals surface area contributed by atoms with Crippen LogP contribution in [0.1, 0.15) is 97.1 Å². The number of rotatable bonds is 2. The third-order valence-corrected chi connectivity index (χ3v) is 8.05. The zero-order valence-corrected chi connectivity index (χ0v) is 25.0. The molecule has 1 radical (unpaired) electrons. The molecule has 0 nitrogen and oxygen atoms in total. The molecule has 2 aliphatic carbocycles. The van der Waals surface area contributed by atoms with Crippen molar-refractivity contribution in [3.63, 3.8) is 0 Å². The Hall–Kier alpha value is -3.12. The fourth-order valence-corrected chi connectivity index (χ4v) is 5.94. The second-order valence-corrected chi connectivity index (χ2v) is 14.3. The molecule has 0 N–H and O–H groups in total. The minimum atomic E-state index is -0.0386. The highest BCUT2D eigenvalue weighted by atomic mass is 14.4. The summed E-state index contributed by atoms with van der Waals surface area (Å²) in [6, 6.07) is 20.2. The zero-order chi connectivity index (χ0) is 27.6. The Bertz CT molecular complexity index is 1580. The molecule has 1 unspecified atom stereocenters. The Morgan fingerprint density at radius 2 is 1.42 bits per heavy atom. The smallest absolute Gasteiger partial charge is 0.000196 e. The van der Waals surface area contributed by atoms with Gasteiger partial charge in [0, 0.05) is 5.92 Å². The van der Waals surface area contributed by atoms with Gasteiger partial charge in [-0.3, -0.25) is 0 Å². The lowest BCUT2D eigenvalue weighted by Crippen LogP contribution is -2.31. The maximum atomic E-state index is 3.94. The van der Waals surface area contributed by atoms with E-state index in [9.17, 15) is 0 Å². The van der Waals surface area contributed by atoms with Crippen molar-refractivity contribution in [2.45, 2.75) is 80.1 Å². The van der Waals surface area contributed by atoms with E-state index < -0.39 is 0 Å². The Kier molecular flexibility index (Phi) is 6.26. The van der Waals surface area contributed by atoms with Crippen LogP contribution in [-0.2, 0) is 10.8 Å². The molecule has 3 aromatic carbocycles. The van der Waals surface area contributed by atoms with E-state index in [0.717, 1.165) is 0 Å². The van der Waals surface area contributed by atoms with Crippen molar-refractivity contribution in [3.8, 4) is 11.1 Å². The maximum Gasteiger partial charge on any atom is 0.000196 e. The first kappa shape index (κ1) is 26.5. The Morgan fingerprint density at radius 3 is 2.00 bits per heavy atom. The molecule has 0 aromatic heterocycles. The van der Waals surface area contributed by atoms with Crippen LogP contribution in [-0.4, -0.2) is 0 Å². The van der Waals surface area contributed by atoms with Crippen LogP contribution in [0.4, 0.5) is 0 Å². The van der Waals surface area contributed by atoms with Gasteiger partial charge in [0.15, 0.2) is 0 Å². The van der Waals surface area contributed by atoms with Crippen molar-refractivity contribution in [2.75, 3.05) is 0 Å². The molecular formula is C38H43. The summed E-state index contributed by atoms with van der Waals surface area (Å²) in [5, 5.41) is 2.58. The van der Waals surface area contributed by atoms with Gasteiger partial charge in [-0.1, -0.05) is 124 Å².